The van der Waals surface area contributed by atoms with Gasteiger partial charge in [-0.15, -0.1) is 0 Å². The molecule has 0 radical (unpaired) electrons. The third-order valence-corrected chi connectivity index (χ3v) is 4.19. The largest absolute Gasteiger partial charge is 0.497 e. The third kappa shape index (κ3) is 2.49. The van der Waals surface area contributed by atoms with E-state index in [9.17, 15) is 0 Å². The van der Waals surface area contributed by atoms with E-state index >= 15 is 0 Å². The highest BCUT2D eigenvalue weighted by Gasteiger charge is 2.09. The predicted molar refractivity (Wildman–Crippen MR) is 88.5 cm³/mol. The van der Waals surface area contributed by atoms with Crippen LogP contribution in [0.5, 0.6) is 5.75 Å². The van der Waals surface area contributed by atoms with Crippen LogP contribution in [-0.4, -0.2) is 17.1 Å². The number of methoxy groups -OCH3 is 1. The average Bonchev–Trinajstić information content (AvgIpc) is 2.84. The van der Waals surface area contributed by atoms with Crippen molar-refractivity contribution in [3.8, 4) is 17.1 Å². The lowest BCUT2D eigenvalue weighted by atomic mass is 10.2. The Morgan fingerprint density at radius 3 is 2.63 bits per heavy atom. The molecule has 1 heterocycles. The van der Waals surface area contributed by atoms with Gasteiger partial charge in [0.25, 0.3) is 0 Å². The normalized spacial score (nSPS) is 10.9. The van der Waals surface area contributed by atoms with Crippen LogP contribution in [0.2, 0.25) is 0 Å². The van der Waals surface area contributed by atoms with Crippen LogP contribution in [0.4, 0.5) is 0 Å². The summed E-state index contributed by atoms with van der Waals surface area (Å²) in [4.78, 5) is 7.95. The zero-order valence-corrected chi connectivity index (χ0v) is 13.8. The van der Waals surface area contributed by atoms with E-state index in [1.54, 1.807) is 7.11 Å². The van der Waals surface area contributed by atoms with Crippen LogP contribution in [-0.2, 0) is 0 Å². The van der Waals surface area contributed by atoms with Gasteiger partial charge in [0.15, 0.2) is 0 Å². The Hall–Kier alpha value is -1.08. The highest BCUT2D eigenvalue weighted by molar-refractivity contribution is 14.1. The maximum Gasteiger partial charge on any atom is 0.138 e. The van der Waals surface area contributed by atoms with Gasteiger partial charge in [0.05, 0.1) is 12.6 Å². The monoisotopic (exact) mass is 428 g/mol. The van der Waals surface area contributed by atoms with E-state index < -0.39 is 0 Å². The molecular formula is C14H10BrIN2O. The Labute approximate surface area is 132 Å². The molecule has 0 saturated carbocycles. The molecular weight excluding hydrogens is 419 g/mol. The van der Waals surface area contributed by atoms with Crippen LogP contribution in [0, 0.1) is 3.57 Å². The number of imidazole rings is 1. The molecule has 0 saturated heterocycles. The minimum Gasteiger partial charge on any atom is -0.497 e. The Balaban J connectivity index is 2.16. The van der Waals surface area contributed by atoms with Gasteiger partial charge in [-0.2, -0.15) is 0 Å². The number of ether oxygens (including phenoxy) is 1. The summed E-state index contributed by atoms with van der Waals surface area (Å²) in [7, 11) is 1.66. The number of hydrogen-bond donors (Lipinski definition) is 1. The molecule has 1 N–H and O–H groups in total. The molecule has 3 rings (SSSR count). The molecule has 0 amide bonds. The molecule has 96 valence electrons. The van der Waals surface area contributed by atoms with Gasteiger partial charge in [0, 0.05) is 19.7 Å². The van der Waals surface area contributed by atoms with Gasteiger partial charge >= 0.3 is 0 Å². The van der Waals surface area contributed by atoms with E-state index in [-0.39, 0.29) is 0 Å². The number of fused-ring (bicyclic) bond motifs is 1. The van der Waals surface area contributed by atoms with E-state index in [0.717, 1.165) is 32.6 Å². The van der Waals surface area contributed by atoms with Crippen molar-refractivity contribution < 1.29 is 4.74 Å². The summed E-state index contributed by atoms with van der Waals surface area (Å²) in [5, 5.41) is 0. The number of halogens is 2. The standard InChI is InChI=1S/C14H10BrIN2O/c1-19-10-6-11(15)13-12(7-10)17-14(18-13)8-2-4-9(16)5-3-8/h2-7H,1H3,(H,17,18). The van der Waals surface area contributed by atoms with Crippen molar-refractivity contribution in [2.75, 3.05) is 7.11 Å². The molecule has 1 aromatic heterocycles. The lowest BCUT2D eigenvalue weighted by molar-refractivity contribution is 0.415. The zero-order chi connectivity index (χ0) is 13.4. The van der Waals surface area contributed by atoms with Gasteiger partial charge in [0.2, 0.25) is 0 Å². The molecule has 0 aliphatic heterocycles. The first kappa shape index (κ1) is 12.9. The summed E-state index contributed by atoms with van der Waals surface area (Å²) in [6.45, 7) is 0. The lowest BCUT2D eigenvalue weighted by Crippen LogP contribution is -1.82. The highest BCUT2D eigenvalue weighted by Crippen LogP contribution is 2.30. The molecule has 19 heavy (non-hydrogen) atoms. The van der Waals surface area contributed by atoms with Crippen LogP contribution >= 0.6 is 38.5 Å². The first-order chi connectivity index (χ1) is 9.17. The van der Waals surface area contributed by atoms with Crippen molar-refractivity contribution in [2.45, 2.75) is 0 Å². The fourth-order valence-electron chi connectivity index (χ4n) is 1.91. The van der Waals surface area contributed by atoms with Gasteiger partial charge in [-0.25, -0.2) is 4.98 Å². The maximum atomic E-state index is 5.26. The molecule has 0 bridgehead atoms. The summed E-state index contributed by atoms with van der Waals surface area (Å²) in [5.74, 6) is 1.66. The number of aromatic amines is 1. The summed E-state index contributed by atoms with van der Waals surface area (Å²) >= 11 is 5.81. The van der Waals surface area contributed by atoms with Crippen LogP contribution in [0.1, 0.15) is 0 Å². The van der Waals surface area contributed by atoms with Gasteiger partial charge < -0.3 is 9.72 Å². The highest BCUT2D eigenvalue weighted by atomic mass is 127. The van der Waals surface area contributed by atoms with Crippen LogP contribution in [0.25, 0.3) is 22.4 Å². The first-order valence-corrected chi connectivity index (χ1v) is 7.54. The van der Waals surface area contributed by atoms with Crippen LogP contribution in [0.15, 0.2) is 40.9 Å². The molecule has 3 aromatic rings. The zero-order valence-electron chi connectivity index (χ0n) is 10.1. The summed E-state index contributed by atoms with van der Waals surface area (Å²) < 4.78 is 7.39. The fourth-order valence-corrected chi connectivity index (χ4v) is 2.80. The molecule has 0 spiro atoms. The molecule has 0 unspecified atom stereocenters. The Bertz CT molecular complexity index is 737. The van der Waals surface area contributed by atoms with Crippen molar-refractivity contribution in [2.24, 2.45) is 0 Å². The maximum absolute atomic E-state index is 5.26. The Morgan fingerprint density at radius 1 is 1.21 bits per heavy atom. The number of rotatable bonds is 2. The lowest BCUT2D eigenvalue weighted by Gasteiger charge is -1.99. The number of hydrogen-bond acceptors (Lipinski definition) is 2. The number of aromatic nitrogens is 2. The van der Waals surface area contributed by atoms with Gasteiger partial charge in [-0.05, 0) is 56.7 Å². The molecule has 2 aromatic carbocycles. The number of nitrogens with zero attached hydrogens (tertiary/aromatic N) is 1. The second-order valence-electron chi connectivity index (χ2n) is 4.10. The molecule has 0 aliphatic carbocycles. The van der Waals surface area contributed by atoms with Gasteiger partial charge in [0.1, 0.15) is 17.1 Å². The molecule has 5 heteroatoms. The molecule has 0 aliphatic rings. The molecule has 3 nitrogen and oxygen atoms in total. The van der Waals surface area contributed by atoms with Crippen LogP contribution < -0.4 is 4.74 Å². The Morgan fingerprint density at radius 2 is 1.95 bits per heavy atom. The Kier molecular flexibility index (Phi) is 3.49. The first-order valence-electron chi connectivity index (χ1n) is 5.66. The third-order valence-electron chi connectivity index (χ3n) is 2.87. The number of benzene rings is 2. The number of H-pyrrole nitrogens is 1. The minimum atomic E-state index is 0.803. The van der Waals surface area contributed by atoms with E-state index in [1.165, 1.54) is 3.57 Å². The van der Waals surface area contributed by atoms with Gasteiger partial charge in [-0.3, -0.25) is 0 Å². The topological polar surface area (TPSA) is 37.9 Å². The SMILES string of the molecule is COc1cc(Br)c2nc(-c3ccc(I)cc3)[nH]c2c1. The molecule has 0 fully saturated rings. The summed E-state index contributed by atoms with van der Waals surface area (Å²) in [5.41, 5.74) is 2.94. The van der Waals surface area contributed by atoms with E-state index in [0.29, 0.717) is 0 Å². The van der Waals surface area contributed by atoms with E-state index in [1.807, 2.05) is 12.1 Å². The quantitative estimate of drug-likeness (QED) is 0.605. The van der Waals surface area contributed by atoms with Crippen molar-refractivity contribution in [3.63, 3.8) is 0 Å². The van der Waals surface area contributed by atoms with Crippen LogP contribution in [0.3, 0.4) is 0 Å². The van der Waals surface area contributed by atoms with Crippen molar-refractivity contribution >= 4 is 49.6 Å². The predicted octanol–water partition coefficient (Wildman–Crippen LogP) is 4.61. The summed E-state index contributed by atoms with van der Waals surface area (Å²) in [6.07, 6.45) is 0. The summed E-state index contributed by atoms with van der Waals surface area (Å²) in [6, 6.07) is 12.1. The van der Waals surface area contributed by atoms with Crippen molar-refractivity contribution in [3.05, 3.63) is 44.4 Å². The van der Waals surface area contributed by atoms with Crippen molar-refractivity contribution in [1.82, 2.24) is 9.97 Å². The fraction of sp³-hybridized carbons (Fsp3) is 0.0714. The van der Waals surface area contributed by atoms with Gasteiger partial charge in [-0.1, -0.05) is 12.1 Å². The smallest absolute Gasteiger partial charge is 0.138 e. The average molecular weight is 429 g/mol. The number of nitrogens with one attached hydrogen (secondary N) is 1. The van der Waals surface area contributed by atoms with E-state index in [2.05, 4.69) is 72.8 Å². The minimum absolute atomic E-state index is 0.803. The van der Waals surface area contributed by atoms with E-state index in [4.69, 9.17) is 4.74 Å². The second-order valence-corrected chi connectivity index (χ2v) is 6.20. The molecule has 0 atom stereocenters. The second kappa shape index (κ2) is 5.13. The van der Waals surface area contributed by atoms with Crippen molar-refractivity contribution in [1.29, 1.82) is 0 Å².